The Bertz CT molecular complexity index is 114. The number of nitrogens with zero attached hydrogens (tertiary/aromatic N) is 2. The van der Waals surface area contributed by atoms with E-state index in [0.29, 0.717) is 5.92 Å². The first kappa shape index (κ1) is 17.2. The Hall–Kier alpha value is 0.01000. The summed E-state index contributed by atoms with van der Waals surface area (Å²) < 4.78 is 0. The van der Waals surface area contributed by atoms with Crippen molar-refractivity contribution in [1.29, 1.82) is 0 Å². The van der Waals surface area contributed by atoms with Gasteiger partial charge in [-0.2, -0.15) is 0 Å². The van der Waals surface area contributed by atoms with E-state index in [2.05, 4.69) is 24.2 Å². The van der Waals surface area contributed by atoms with Crippen molar-refractivity contribution in [2.45, 2.75) is 13.8 Å². The highest BCUT2D eigenvalue weighted by molar-refractivity contribution is 5.86. The zero-order chi connectivity index (χ0) is 5.98. The van der Waals surface area contributed by atoms with E-state index in [1.165, 1.54) is 5.84 Å². The van der Waals surface area contributed by atoms with Gasteiger partial charge in [0.25, 0.3) is 0 Å². The summed E-state index contributed by atoms with van der Waals surface area (Å²) in [5.41, 5.74) is 0. The number of rotatable bonds is 1. The van der Waals surface area contributed by atoms with Gasteiger partial charge in [0.2, 0.25) is 0 Å². The molecule has 0 saturated carbocycles. The molecule has 11 heavy (non-hydrogen) atoms. The summed E-state index contributed by atoms with van der Waals surface area (Å²) in [6.07, 6.45) is 0. The first-order valence-corrected chi connectivity index (χ1v) is 3.09. The third-order valence-corrected chi connectivity index (χ3v) is 1.25. The fourth-order valence-electron chi connectivity index (χ4n) is 0.803. The summed E-state index contributed by atoms with van der Waals surface area (Å²) in [7, 11) is 0. The first-order valence-electron chi connectivity index (χ1n) is 3.09. The summed E-state index contributed by atoms with van der Waals surface area (Å²) in [5.74, 6) is 1.75. The van der Waals surface area contributed by atoms with Gasteiger partial charge < -0.3 is 5.32 Å². The summed E-state index contributed by atoms with van der Waals surface area (Å²) in [4.78, 5) is 4.24. The van der Waals surface area contributed by atoms with Crippen molar-refractivity contribution in [3.05, 3.63) is 0 Å². The SMILES string of the molecule is CC(C)C1=NCCN1.Cl.Cl.[N]. The Morgan fingerprint density at radius 3 is 2.09 bits per heavy atom. The van der Waals surface area contributed by atoms with E-state index in [1.807, 2.05) is 0 Å². The van der Waals surface area contributed by atoms with Crippen molar-refractivity contribution >= 4 is 30.6 Å². The first-order chi connectivity index (χ1) is 3.80. The van der Waals surface area contributed by atoms with Crippen molar-refractivity contribution in [1.82, 2.24) is 11.5 Å². The number of hydrogen-bond donors (Lipinski definition) is 1. The van der Waals surface area contributed by atoms with Crippen molar-refractivity contribution in [2.24, 2.45) is 10.9 Å². The molecule has 1 N–H and O–H groups in total. The molecule has 0 saturated heterocycles. The summed E-state index contributed by atoms with van der Waals surface area (Å²) >= 11 is 0. The zero-order valence-corrected chi connectivity index (χ0v) is 8.34. The molecule has 1 heterocycles. The highest BCUT2D eigenvalue weighted by Crippen LogP contribution is 1.97. The number of aliphatic imine (C=N–C) groups is 1. The molecule has 3 radical (unpaired) electrons. The van der Waals surface area contributed by atoms with Crippen molar-refractivity contribution in [3.8, 4) is 0 Å². The van der Waals surface area contributed by atoms with Crippen LogP contribution in [-0.4, -0.2) is 18.9 Å². The molecule has 0 unspecified atom stereocenters. The van der Waals surface area contributed by atoms with Gasteiger partial charge in [-0.15, -0.1) is 24.8 Å². The summed E-state index contributed by atoms with van der Waals surface area (Å²) in [5, 5.41) is 3.21. The van der Waals surface area contributed by atoms with E-state index in [-0.39, 0.29) is 31.0 Å². The molecule has 0 aromatic heterocycles. The smallest absolute Gasteiger partial charge is 0.0990 e. The van der Waals surface area contributed by atoms with Crippen LogP contribution in [0.1, 0.15) is 13.8 Å². The van der Waals surface area contributed by atoms with Gasteiger partial charge in [-0.1, -0.05) is 13.8 Å². The van der Waals surface area contributed by atoms with Crippen molar-refractivity contribution in [2.75, 3.05) is 13.1 Å². The molecule has 3 nitrogen and oxygen atoms in total. The van der Waals surface area contributed by atoms with E-state index >= 15 is 0 Å². The van der Waals surface area contributed by atoms with Crippen molar-refractivity contribution in [3.63, 3.8) is 0 Å². The lowest BCUT2D eigenvalue weighted by Crippen LogP contribution is -2.23. The summed E-state index contributed by atoms with van der Waals surface area (Å²) in [6, 6.07) is 0. The Morgan fingerprint density at radius 1 is 1.36 bits per heavy atom. The lowest BCUT2D eigenvalue weighted by Gasteiger charge is -2.02. The van der Waals surface area contributed by atoms with Gasteiger partial charge in [0, 0.05) is 18.6 Å². The van der Waals surface area contributed by atoms with Crippen LogP contribution in [0.15, 0.2) is 4.99 Å². The molecule has 0 amide bonds. The lowest BCUT2D eigenvalue weighted by molar-refractivity contribution is 0.838. The van der Waals surface area contributed by atoms with E-state index < -0.39 is 0 Å². The molecule has 5 heteroatoms. The Kier molecular flexibility index (Phi) is 12.7. The van der Waals surface area contributed by atoms with Crippen LogP contribution in [0.25, 0.3) is 0 Å². The minimum Gasteiger partial charge on any atom is -0.372 e. The van der Waals surface area contributed by atoms with E-state index in [1.54, 1.807) is 0 Å². The number of nitrogens with one attached hydrogen (secondary N) is 1. The monoisotopic (exact) mass is 198 g/mol. The minimum absolute atomic E-state index is 0. The van der Waals surface area contributed by atoms with Gasteiger partial charge in [-0.25, -0.2) is 0 Å². The molecular formula is C6H14Cl2N3. The van der Waals surface area contributed by atoms with Gasteiger partial charge in [0.15, 0.2) is 0 Å². The Morgan fingerprint density at radius 2 is 1.91 bits per heavy atom. The molecule has 0 fully saturated rings. The second-order valence-corrected chi connectivity index (χ2v) is 2.35. The Labute approximate surface area is 80.4 Å². The quantitative estimate of drug-likeness (QED) is 0.673. The molecule has 0 bridgehead atoms. The van der Waals surface area contributed by atoms with Gasteiger partial charge in [-0.3, -0.25) is 4.99 Å². The minimum atomic E-state index is 0. The average molecular weight is 199 g/mol. The predicted octanol–water partition coefficient (Wildman–Crippen LogP) is 1.01. The third kappa shape index (κ3) is 5.30. The highest BCUT2D eigenvalue weighted by atomic mass is 35.5. The Balaban J connectivity index is -0.000000213. The topological polar surface area (TPSA) is 54.9 Å². The van der Waals surface area contributed by atoms with Gasteiger partial charge >= 0.3 is 0 Å². The van der Waals surface area contributed by atoms with Crippen LogP contribution in [0.2, 0.25) is 0 Å². The summed E-state index contributed by atoms with van der Waals surface area (Å²) in [6.45, 7) is 6.30. The molecular weight excluding hydrogens is 185 g/mol. The molecule has 0 aromatic rings. The predicted molar refractivity (Wildman–Crippen MR) is 51.8 cm³/mol. The standard InChI is InChI=1S/C6H12N2.2ClH.N/c1-5(2)6-7-3-4-8-6;;;/h5H,3-4H2,1-2H3,(H,7,8);2*1H;. The van der Waals surface area contributed by atoms with Crippen LogP contribution in [0.3, 0.4) is 0 Å². The maximum Gasteiger partial charge on any atom is 0.0990 e. The number of amidine groups is 1. The van der Waals surface area contributed by atoms with Gasteiger partial charge in [0.05, 0.1) is 12.4 Å². The van der Waals surface area contributed by atoms with Crippen LogP contribution in [0.4, 0.5) is 0 Å². The maximum absolute atomic E-state index is 4.24. The molecule has 1 aliphatic heterocycles. The van der Waals surface area contributed by atoms with Crippen molar-refractivity contribution < 1.29 is 0 Å². The molecule has 0 aliphatic carbocycles. The molecule has 0 aromatic carbocycles. The fraction of sp³-hybridized carbons (Fsp3) is 0.833. The lowest BCUT2D eigenvalue weighted by atomic mass is 10.2. The van der Waals surface area contributed by atoms with E-state index in [0.717, 1.165) is 13.1 Å². The molecule has 67 valence electrons. The normalized spacial score (nSPS) is 13.5. The van der Waals surface area contributed by atoms with Crippen LogP contribution < -0.4 is 11.5 Å². The molecule has 1 aliphatic rings. The van der Waals surface area contributed by atoms with Gasteiger partial charge in [0.1, 0.15) is 0 Å². The highest BCUT2D eigenvalue weighted by Gasteiger charge is 2.06. The maximum atomic E-state index is 4.24. The molecule has 1 rings (SSSR count). The fourth-order valence-corrected chi connectivity index (χ4v) is 0.803. The van der Waals surface area contributed by atoms with Crippen LogP contribution >= 0.6 is 24.8 Å². The van der Waals surface area contributed by atoms with E-state index in [9.17, 15) is 0 Å². The van der Waals surface area contributed by atoms with Gasteiger partial charge in [-0.05, 0) is 0 Å². The van der Waals surface area contributed by atoms with E-state index in [4.69, 9.17) is 0 Å². The van der Waals surface area contributed by atoms with Crippen LogP contribution in [-0.2, 0) is 0 Å². The second kappa shape index (κ2) is 8.11. The van der Waals surface area contributed by atoms with Crippen LogP contribution in [0, 0.1) is 5.92 Å². The zero-order valence-electron chi connectivity index (χ0n) is 6.70. The second-order valence-electron chi connectivity index (χ2n) is 2.35. The number of hydrogen-bond acceptors (Lipinski definition) is 2. The molecule has 0 spiro atoms. The average Bonchev–Trinajstić information content (AvgIpc) is 2.12. The largest absolute Gasteiger partial charge is 0.372 e. The van der Waals surface area contributed by atoms with Crippen LogP contribution in [0.5, 0.6) is 0 Å². The number of halogens is 2. The molecule has 0 atom stereocenters. The third-order valence-electron chi connectivity index (χ3n) is 1.25.